The van der Waals surface area contributed by atoms with E-state index in [1.165, 1.54) is 23.5 Å². The predicted octanol–water partition coefficient (Wildman–Crippen LogP) is 3.50. The van der Waals surface area contributed by atoms with Crippen molar-refractivity contribution in [2.45, 2.75) is 50.9 Å². The number of anilines is 2. The predicted molar refractivity (Wildman–Crippen MR) is 146 cm³/mol. The normalized spacial score (nSPS) is 21.7. The molecule has 0 saturated heterocycles. The van der Waals surface area contributed by atoms with Crippen molar-refractivity contribution in [1.82, 2.24) is 19.9 Å². The van der Waals surface area contributed by atoms with Crippen LogP contribution < -0.4 is 10.6 Å². The number of hydrogen-bond acceptors (Lipinski definition) is 10. The van der Waals surface area contributed by atoms with Crippen LogP contribution in [0.3, 0.4) is 0 Å². The lowest BCUT2D eigenvalue weighted by Gasteiger charge is -2.26. The van der Waals surface area contributed by atoms with Crippen molar-refractivity contribution in [3.8, 4) is 10.6 Å². The Morgan fingerprint density at radius 1 is 1.13 bits per heavy atom. The maximum Gasteiger partial charge on any atom is 0.224 e. The molecule has 9 nitrogen and oxygen atoms in total. The van der Waals surface area contributed by atoms with E-state index in [1.807, 2.05) is 32.9 Å². The van der Waals surface area contributed by atoms with Crippen LogP contribution >= 0.6 is 11.3 Å². The summed E-state index contributed by atoms with van der Waals surface area (Å²) in [4.78, 5) is 18.3. The summed E-state index contributed by atoms with van der Waals surface area (Å²) in [5.41, 5.74) is 2.56. The Bertz CT molecular complexity index is 1410. The lowest BCUT2D eigenvalue weighted by atomic mass is 9.84. The maximum absolute atomic E-state index is 13.8. The number of hydrogen-bond donors (Lipinski definition) is 5. The Morgan fingerprint density at radius 3 is 2.66 bits per heavy atom. The fourth-order valence-electron chi connectivity index (χ4n) is 4.84. The summed E-state index contributed by atoms with van der Waals surface area (Å²) in [5.74, 6) is 0.105. The molecule has 0 bridgehead atoms. The minimum Gasteiger partial charge on any atom is -0.396 e. The molecule has 1 fully saturated rings. The molecule has 1 aromatic carbocycles. The van der Waals surface area contributed by atoms with Gasteiger partial charge in [-0.25, -0.2) is 14.4 Å². The van der Waals surface area contributed by atoms with Crippen LogP contribution in [0.2, 0.25) is 0 Å². The molecule has 1 saturated carbocycles. The molecular formula is C27H31FN6O3S. The van der Waals surface area contributed by atoms with Gasteiger partial charge in [-0.05, 0) is 37.1 Å². The highest BCUT2D eigenvalue weighted by Gasteiger charge is 2.41. The maximum atomic E-state index is 13.8. The van der Waals surface area contributed by atoms with E-state index in [-0.39, 0.29) is 12.4 Å². The Balaban J connectivity index is 1.49. The monoisotopic (exact) mass is 538 g/mol. The van der Waals surface area contributed by atoms with Gasteiger partial charge in [0.25, 0.3) is 0 Å². The zero-order valence-electron chi connectivity index (χ0n) is 21.4. The Morgan fingerprint density at radius 2 is 1.95 bits per heavy atom. The second-order valence-electron chi connectivity index (χ2n) is 10.4. The number of aryl methyl sites for hydroxylation is 1. The smallest absolute Gasteiger partial charge is 0.224 e. The van der Waals surface area contributed by atoms with E-state index in [2.05, 4.69) is 15.6 Å². The van der Waals surface area contributed by atoms with E-state index in [4.69, 9.17) is 15.0 Å². The third-order valence-corrected chi connectivity index (χ3v) is 8.20. The molecular weight excluding hydrogens is 507 g/mol. The van der Waals surface area contributed by atoms with Gasteiger partial charge in [-0.2, -0.15) is 4.98 Å². The second-order valence-corrected chi connectivity index (χ2v) is 11.4. The van der Waals surface area contributed by atoms with Crippen LogP contribution in [0.25, 0.3) is 20.8 Å². The van der Waals surface area contributed by atoms with Gasteiger partial charge >= 0.3 is 0 Å². The van der Waals surface area contributed by atoms with Gasteiger partial charge in [-0.15, -0.1) is 11.3 Å². The van der Waals surface area contributed by atoms with Crippen LogP contribution in [-0.2, 0) is 5.41 Å². The summed E-state index contributed by atoms with van der Waals surface area (Å²) in [6, 6.07) is 7.90. The molecule has 5 N–H and O–H groups in total. The summed E-state index contributed by atoms with van der Waals surface area (Å²) >= 11 is 1.49. The van der Waals surface area contributed by atoms with E-state index in [0.29, 0.717) is 41.0 Å². The molecule has 3 aromatic heterocycles. The number of benzene rings is 1. The van der Waals surface area contributed by atoms with Crippen molar-refractivity contribution < 1.29 is 19.7 Å². The number of nitrogens with zero attached hydrogens (tertiary/aromatic N) is 4. The van der Waals surface area contributed by atoms with Gasteiger partial charge in [0.1, 0.15) is 28.3 Å². The minimum atomic E-state index is -1.07. The van der Waals surface area contributed by atoms with Crippen LogP contribution in [0.5, 0.6) is 0 Å². The average Bonchev–Trinajstić information content (AvgIpc) is 3.43. The molecule has 3 heterocycles. The van der Waals surface area contributed by atoms with Crippen LogP contribution in [0.4, 0.5) is 16.2 Å². The third kappa shape index (κ3) is 5.19. The molecule has 0 amide bonds. The molecule has 1 aliphatic carbocycles. The Labute approximate surface area is 223 Å². The molecule has 38 heavy (non-hydrogen) atoms. The first-order valence-corrected chi connectivity index (χ1v) is 13.3. The first-order chi connectivity index (χ1) is 18.2. The number of rotatable bonds is 8. The molecule has 200 valence electrons. The number of nitrogens with one attached hydrogen (secondary N) is 2. The number of halogens is 1. The van der Waals surface area contributed by atoms with Gasteiger partial charge in [0.05, 0.1) is 34.3 Å². The second kappa shape index (κ2) is 10.5. The molecule has 4 aromatic rings. The number of pyridine rings is 1. The molecule has 0 radical (unpaired) electrons. The van der Waals surface area contributed by atoms with Crippen molar-refractivity contribution in [3.63, 3.8) is 0 Å². The number of aromatic nitrogens is 4. The lowest BCUT2D eigenvalue weighted by molar-refractivity contribution is 0.00446. The summed E-state index contributed by atoms with van der Waals surface area (Å²) < 4.78 is 14.8. The molecule has 11 heteroatoms. The molecule has 5 rings (SSSR count). The Kier molecular flexibility index (Phi) is 7.28. The van der Waals surface area contributed by atoms with Crippen LogP contribution in [0.15, 0.2) is 42.7 Å². The summed E-state index contributed by atoms with van der Waals surface area (Å²) in [5, 5.41) is 37.9. The SMILES string of the molecule is Cc1nc(NCC(C)(C)c2cccc(F)c2)nc(N[C@@H]2C[C@H](CO)[C@@H](O)[C@H]2O)c1-c1nc2cnccc2s1. The van der Waals surface area contributed by atoms with Crippen molar-refractivity contribution in [2.24, 2.45) is 5.92 Å². The van der Waals surface area contributed by atoms with E-state index in [1.54, 1.807) is 18.5 Å². The molecule has 4 atom stereocenters. The number of aliphatic hydroxyl groups excluding tert-OH is 3. The molecule has 0 aliphatic heterocycles. The number of aliphatic hydroxyl groups is 3. The van der Waals surface area contributed by atoms with Gasteiger partial charge in [0.15, 0.2) is 0 Å². The van der Waals surface area contributed by atoms with Gasteiger partial charge in [-0.1, -0.05) is 26.0 Å². The third-order valence-electron chi connectivity index (χ3n) is 7.15. The van der Waals surface area contributed by atoms with Gasteiger partial charge < -0.3 is 26.0 Å². The first-order valence-electron chi connectivity index (χ1n) is 12.5. The van der Waals surface area contributed by atoms with Crippen molar-refractivity contribution in [2.75, 3.05) is 23.8 Å². The highest BCUT2D eigenvalue weighted by molar-refractivity contribution is 7.21. The number of fused-ring (bicyclic) bond motifs is 1. The standard InChI is InChI=1S/C27H31FN6O3S/c1-14-21(25-33-19-11-29-8-7-20(19)38-25)24(32-18-9-15(12-35)22(36)23(18)37)34-26(31-14)30-13-27(2,3)16-5-4-6-17(28)10-16/h4-8,10-11,15,18,22-23,35-37H,9,12-13H2,1-3H3,(H2,30,31,32,34)/t15-,18-,22-,23+/m1/s1. The minimum absolute atomic E-state index is 0.223. The Hall–Kier alpha value is -3.25. The quantitative estimate of drug-likeness (QED) is 0.228. The fourth-order valence-corrected chi connectivity index (χ4v) is 5.87. The van der Waals surface area contributed by atoms with Crippen molar-refractivity contribution in [3.05, 3.63) is 59.8 Å². The fraction of sp³-hybridized carbons (Fsp3) is 0.407. The van der Waals surface area contributed by atoms with E-state index >= 15 is 0 Å². The largest absolute Gasteiger partial charge is 0.396 e. The van der Waals surface area contributed by atoms with Gasteiger partial charge in [-0.3, -0.25) is 4.98 Å². The van der Waals surface area contributed by atoms with Crippen molar-refractivity contribution >= 4 is 33.3 Å². The molecule has 0 unspecified atom stereocenters. The highest BCUT2D eigenvalue weighted by atomic mass is 32.1. The zero-order chi connectivity index (χ0) is 27.0. The average molecular weight is 539 g/mol. The van der Waals surface area contributed by atoms with Gasteiger partial charge in [0, 0.05) is 30.7 Å². The molecule has 0 spiro atoms. The van der Waals surface area contributed by atoms with Crippen LogP contribution in [-0.4, -0.2) is 66.7 Å². The first kappa shape index (κ1) is 26.4. The van der Waals surface area contributed by atoms with Crippen LogP contribution in [0.1, 0.15) is 31.5 Å². The van der Waals surface area contributed by atoms with E-state index < -0.39 is 29.6 Å². The number of thiazole rings is 1. The van der Waals surface area contributed by atoms with Gasteiger partial charge in [0.2, 0.25) is 5.95 Å². The summed E-state index contributed by atoms with van der Waals surface area (Å²) in [6.07, 6.45) is 1.68. The highest BCUT2D eigenvalue weighted by Crippen LogP contribution is 2.38. The van der Waals surface area contributed by atoms with E-state index in [9.17, 15) is 19.7 Å². The van der Waals surface area contributed by atoms with E-state index in [0.717, 1.165) is 15.8 Å². The van der Waals surface area contributed by atoms with Crippen molar-refractivity contribution in [1.29, 1.82) is 0 Å². The van der Waals surface area contributed by atoms with Crippen LogP contribution in [0, 0.1) is 18.7 Å². The molecule has 1 aliphatic rings. The summed E-state index contributed by atoms with van der Waals surface area (Å²) in [6.45, 7) is 6.11. The lowest BCUT2D eigenvalue weighted by Crippen LogP contribution is -2.36. The summed E-state index contributed by atoms with van der Waals surface area (Å²) in [7, 11) is 0. The zero-order valence-corrected chi connectivity index (χ0v) is 22.2. The topological polar surface area (TPSA) is 136 Å².